The maximum Gasteiger partial charge on any atom is 0.0717 e. The molecule has 3 heteroatoms. The molecule has 0 aliphatic heterocycles. The molecule has 20 heavy (non-hydrogen) atoms. The van der Waals surface area contributed by atoms with E-state index in [2.05, 4.69) is 53.1 Å². The van der Waals surface area contributed by atoms with E-state index in [1.54, 1.807) is 0 Å². The summed E-state index contributed by atoms with van der Waals surface area (Å²) in [7, 11) is 0. The quantitative estimate of drug-likeness (QED) is 0.820. The van der Waals surface area contributed by atoms with Gasteiger partial charge in [0.15, 0.2) is 0 Å². The first-order valence-corrected chi connectivity index (χ1v) is 8.74. The van der Waals surface area contributed by atoms with Crippen LogP contribution in [0.25, 0.3) is 0 Å². The van der Waals surface area contributed by atoms with E-state index in [0.29, 0.717) is 12.0 Å². The molecule has 1 N–H and O–H groups in total. The van der Waals surface area contributed by atoms with Gasteiger partial charge in [-0.15, -0.1) is 0 Å². The summed E-state index contributed by atoms with van der Waals surface area (Å²) in [6.45, 7) is 8.08. The van der Waals surface area contributed by atoms with Crippen molar-refractivity contribution in [2.24, 2.45) is 17.8 Å². The van der Waals surface area contributed by atoms with E-state index in [1.165, 1.54) is 31.4 Å². The summed E-state index contributed by atoms with van der Waals surface area (Å²) in [4.78, 5) is 4.65. The Kier molecular flexibility index (Phi) is 6.03. The summed E-state index contributed by atoms with van der Waals surface area (Å²) in [5.41, 5.74) is 1.19. The van der Waals surface area contributed by atoms with Crippen molar-refractivity contribution in [2.45, 2.75) is 52.5 Å². The summed E-state index contributed by atoms with van der Waals surface area (Å²) in [5, 5.41) is 3.74. The van der Waals surface area contributed by atoms with Crippen LogP contribution < -0.4 is 5.32 Å². The van der Waals surface area contributed by atoms with Crippen LogP contribution in [0.4, 0.5) is 0 Å². The summed E-state index contributed by atoms with van der Waals surface area (Å²) in [5.74, 6) is 2.36. The molecule has 1 saturated carbocycles. The van der Waals surface area contributed by atoms with Crippen LogP contribution in [0.2, 0.25) is 0 Å². The van der Waals surface area contributed by atoms with Gasteiger partial charge in [-0.25, -0.2) is 0 Å². The first kappa shape index (κ1) is 16.0. The lowest BCUT2D eigenvalue weighted by Gasteiger charge is -2.37. The molecule has 1 aliphatic rings. The number of aromatic nitrogens is 1. The van der Waals surface area contributed by atoms with Crippen molar-refractivity contribution in [1.82, 2.24) is 10.3 Å². The molecule has 112 valence electrons. The van der Waals surface area contributed by atoms with Crippen LogP contribution in [0.15, 0.2) is 22.8 Å². The molecule has 1 aromatic rings. The van der Waals surface area contributed by atoms with E-state index < -0.39 is 0 Å². The minimum atomic E-state index is 0.385. The molecule has 2 nitrogen and oxygen atoms in total. The molecule has 3 atom stereocenters. The molecule has 0 aromatic carbocycles. The fraction of sp³-hybridized carbons (Fsp3) is 0.706. The van der Waals surface area contributed by atoms with Crippen molar-refractivity contribution in [2.75, 3.05) is 6.54 Å². The Hall–Kier alpha value is -0.410. The lowest BCUT2D eigenvalue weighted by atomic mass is 9.73. The zero-order valence-corrected chi connectivity index (χ0v) is 14.5. The van der Waals surface area contributed by atoms with Gasteiger partial charge in [-0.2, -0.15) is 0 Å². The van der Waals surface area contributed by atoms with Gasteiger partial charge >= 0.3 is 0 Å². The Morgan fingerprint density at radius 1 is 1.30 bits per heavy atom. The average molecular weight is 339 g/mol. The van der Waals surface area contributed by atoms with Crippen LogP contribution in [0.1, 0.15) is 58.2 Å². The first-order chi connectivity index (χ1) is 9.61. The van der Waals surface area contributed by atoms with Crippen LogP contribution in [0.3, 0.4) is 0 Å². The van der Waals surface area contributed by atoms with E-state index in [4.69, 9.17) is 0 Å². The van der Waals surface area contributed by atoms with Crippen molar-refractivity contribution in [3.05, 3.63) is 28.5 Å². The molecule has 1 aliphatic carbocycles. The van der Waals surface area contributed by atoms with Gasteiger partial charge in [0.05, 0.1) is 11.7 Å². The maximum atomic E-state index is 4.65. The second-order valence-electron chi connectivity index (χ2n) is 6.48. The highest BCUT2D eigenvalue weighted by Crippen LogP contribution is 2.40. The number of halogens is 1. The molecule has 1 aromatic heterocycles. The minimum Gasteiger partial charge on any atom is -0.308 e. The number of pyridine rings is 1. The van der Waals surface area contributed by atoms with Gasteiger partial charge in [-0.05, 0) is 78.0 Å². The van der Waals surface area contributed by atoms with Crippen LogP contribution in [0, 0.1) is 17.8 Å². The van der Waals surface area contributed by atoms with Gasteiger partial charge in [0.1, 0.15) is 0 Å². The summed E-state index contributed by atoms with van der Waals surface area (Å²) < 4.78 is 1.14. The van der Waals surface area contributed by atoms with Crippen LogP contribution in [-0.4, -0.2) is 11.5 Å². The van der Waals surface area contributed by atoms with Gasteiger partial charge in [0.25, 0.3) is 0 Å². The Morgan fingerprint density at radius 2 is 2.00 bits per heavy atom. The summed E-state index contributed by atoms with van der Waals surface area (Å²) in [6, 6.07) is 4.49. The van der Waals surface area contributed by atoms with Gasteiger partial charge in [0.2, 0.25) is 0 Å². The van der Waals surface area contributed by atoms with E-state index in [0.717, 1.165) is 22.9 Å². The van der Waals surface area contributed by atoms with Gasteiger partial charge in [-0.1, -0.05) is 20.8 Å². The molecular formula is C17H27BrN2. The molecule has 3 unspecified atom stereocenters. The standard InChI is InChI=1S/C17H27BrN2/c1-4-7-19-16(17-15(18)6-5-8-20-17)14-10-12(2)9-13(3)11-14/h5-6,8,12-14,16,19H,4,7,9-11H2,1-3H3. The molecule has 0 radical (unpaired) electrons. The molecule has 1 fully saturated rings. The van der Waals surface area contributed by atoms with Crippen molar-refractivity contribution < 1.29 is 0 Å². The molecule has 1 heterocycles. The smallest absolute Gasteiger partial charge is 0.0717 e. The highest BCUT2D eigenvalue weighted by molar-refractivity contribution is 9.10. The van der Waals surface area contributed by atoms with Crippen molar-refractivity contribution in [3.63, 3.8) is 0 Å². The molecule has 2 rings (SSSR count). The number of nitrogens with one attached hydrogen (secondary N) is 1. The largest absolute Gasteiger partial charge is 0.308 e. The third kappa shape index (κ3) is 4.05. The maximum absolute atomic E-state index is 4.65. The Morgan fingerprint density at radius 3 is 2.60 bits per heavy atom. The Bertz CT molecular complexity index is 411. The van der Waals surface area contributed by atoms with E-state index >= 15 is 0 Å². The second-order valence-corrected chi connectivity index (χ2v) is 7.33. The molecule has 0 saturated heterocycles. The van der Waals surface area contributed by atoms with Crippen molar-refractivity contribution in [3.8, 4) is 0 Å². The van der Waals surface area contributed by atoms with Crippen LogP contribution in [-0.2, 0) is 0 Å². The zero-order chi connectivity index (χ0) is 14.5. The predicted molar refractivity (Wildman–Crippen MR) is 88.6 cm³/mol. The lowest BCUT2D eigenvalue weighted by molar-refractivity contribution is 0.174. The Labute approximate surface area is 131 Å². The van der Waals surface area contributed by atoms with Crippen molar-refractivity contribution >= 4 is 15.9 Å². The van der Waals surface area contributed by atoms with Gasteiger partial charge < -0.3 is 5.32 Å². The molecule has 0 bridgehead atoms. The monoisotopic (exact) mass is 338 g/mol. The fourth-order valence-electron chi connectivity index (χ4n) is 3.69. The van der Waals surface area contributed by atoms with E-state index in [9.17, 15) is 0 Å². The SMILES string of the molecule is CCCNC(c1ncccc1Br)C1CC(C)CC(C)C1. The predicted octanol–water partition coefficient (Wildman–Crippen LogP) is 4.96. The molecular weight excluding hydrogens is 312 g/mol. The number of nitrogens with zero attached hydrogens (tertiary/aromatic N) is 1. The third-order valence-corrected chi connectivity index (χ3v) is 5.05. The van der Waals surface area contributed by atoms with E-state index in [1.807, 2.05) is 12.3 Å². The Balaban J connectivity index is 2.20. The lowest BCUT2D eigenvalue weighted by Crippen LogP contribution is -2.34. The molecule has 0 amide bonds. The van der Waals surface area contributed by atoms with Crippen molar-refractivity contribution in [1.29, 1.82) is 0 Å². The third-order valence-electron chi connectivity index (χ3n) is 4.38. The van der Waals surface area contributed by atoms with Crippen LogP contribution in [0.5, 0.6) is 0 Å². The minimum absolute atomic E-state index is 0.385. The van der Waals surface area contributed by atoms with Gasteiger partial charge in [-0.3, -0.25) is 4.98 Å². The van der Waals surface area contributed by atoms with Gasteiger partial charge in [0, 0.05) is 10.7 Å². The van der Waals surface area contributed by atoms with E-state index in [-0.39, 0.29) is 0 Å². The zero-order valence-electron chi connectivity index (χ0n) is 12.9. The topological polar surface area (TPSA) is 24.9 Å². The number of rotatable bonds is 5. The fourth-order valence-corrected chi connectivity index (χ4v) is 4.20. The normalized spacial score (nSPS) is 28.3. The number of hydrogen-bond acceptors (Lipinski definition) is 2. The summed E-state index contributed by atoms with van der Waals surface area (Å²) >= 11 is 3.68. The highest BCUT2D eigenvalue weighted by atomic mass is 79.9. The van der Waals surface area contributed by atoms with Crippen LogP contribution >= 0.6 is 15.9 Å². The summed E-state index contributed by atoms with van der Waals surface area (Å²) in [6.07, 6.45) is 7.08. The second kappa shape index (κ2) is 7.56. The average Bonchev–Trinajstić information content (AvgIpc) is 2.40. The number of hydrogen-bond donors (Lipinski definition) is 1. The first-order valence-electron chi connectivity index (χ1n) is 7.95. The molecule has 0 spiro atoms. The highest BCUT2D eigenvalue weighted by Gasteiger charge is 2.32.